The summed E-state index contributed by atoms with van der Waals surface area (Å²) in [6, 6.07) is 9.47. The fourth-order valence-corrected chi connectivity index (χ4v) is 3.23. The Balaban J connectivity index is 1.77. The van der Waals surface area contributed by atoms with Crippen molar-refractivity contribution in [3.8, 4) is 11.5 Å². The monoisotopic (exact) mass is 402 g/mol. The second-order valence-electron chi connectivity index (χ2n) is 6.98. The van der Waals surface area contributed by atoms with Gasteiger partial charge in [-0.05, 0) is 50.6 Å². The van der Waals surface area contributed by atoms with Crippen LogP contribution >= 0.6 is 11.8 Å². The smallest absolute Gasteiger partial charge is 0.413 e. The van der Waals surface area contributed by atoms with E-state index in [4.69, 9.17) is 4.42 Å². The van der Waals surface area contributed by atoms with Crippen molar-refractivity contribution in [1.82, 2.24) is 15.2 Å². The van der Waals surface area contributed by atoms with Crippen LogP contribution in [0.2, 0.25) is 0 Å². The first-order chi connectivity index (χ1) is 13.2. The first kappa shape index (κ1) is 19.8. The van der Waals surface area contributed by atoms with Crippen molar-refractivity contribution in [2.45, 2.75) is 37.3 Å². The van der Waals surface area contributed by atoms with Gasteiger partial charge in [-0.25, -0.2) is 14.2 Å². The predicted molar refractivity (Wildman–Crippen MR) is 104 cm³/mol. The van der Waals surface area contributed by atoms with E-state index in [9.17, 15) is 14.3 Å². The molecule has 9 heteroatoms. The second kappa shape index (κ2) is 7.97. The van der Waals surface area contributed by atoms with Crippen molar-refractivity contribution >= 4 is 23.7 Å². The molecule has 0 saturated carbocycles. The third kappa shape index (κ3) is 4.66. The zero-order valence-corrected chi connectivity index (χ0v) is 16.4. The van der Waals surface area contributed by atoms with E-state index in [1.165, 1.54) is 35.0 Å². The van der Waals surface area contributed by atoms with Gasteiger partial charge in [-0.1, -0.05) is 23.9 Å². The van der Waals surface area contributed by atoms with Gasteiger partial charge in [0.25, 0.3) is 5.22 Å². The molecular weight excluding hydrogens is 383 g/mol. The Labute approximate surface area is 165 Å². The third-order valence-corrected chi connectivity index (χ3v) is 4.66. The lowest BCUT2D eigenvalue weighted by Crippen LogP contribution is -2.45. The van der Waals surface area contributed by atoms with Gasteiger partial charge in [0.2, 0.25) is 5.89 Å². The van der Waals surface area contributed by atoms with Gasteiger partial charge in [0, 0.05) is 23.1 Å². The number of amides is 1. The molecule has 2 aromatic heterocycles. The van der Waals surface area contributed by atoms with E-state index in [0.29, 0.717) is 16.5 Å². The van der Waals surface area contributed by atoms with Crippen molar-refractivity contribution in [1.29, 1.82) is 0 Å². The molecule has 3 aromatic rings. The number of pyridine rings is 1. The van der Waals surface area contributed by atoms with Gasteiger partial charge in [-0.2, -0.15) is 0 Å². The molecule has 3 rings (SSSR count). The van der Waals surface area contributed by atoms with Crippen LogP contribution in [0.3, 0.4) is 0 Å². The number of hydrogen-bond acceptors (Lipinski definition) is 6. The van der Waals surface area contributed by atoms with Gasteiger partial charge in [0.15, 0.2) is 0 Å². The van der Waals surface area contributed by atoms with Crippen LogP contribution in [0.4, 0.5) is 15.0 Å². The summed E-state index contributed by atoms with van der Waals surface area (Å²) in [5.41, 5.74) is 0.837. The largest absolute Gasteiger partial charge is 0.465 e. The Morgan fingerprint density at radius 3 is 2.57 bits per heavy atom. The van der Waals surface area contributed by atoms with E-state index in [1.54, 1.807) is 45.0 Å². The lowest BCUT2D eigenvalue weighted by Gasteiger charge is -2.32. The number of carbonyl (C=O) groups is 1. The molecule has 146 valence electrons. The van der Waals surface area contributed by atoms with Gasteiger partial charge in [0.05, 0.1) is 0 Å². The molecule has 7 nitrogen and oxygen atoms in total. The van der Waals surface area contributed by atoms with E-state index in [2.05, 4.69) is 15.2 Å². The summed E-state index contributed by atoms with van der Waals surface area (Å²) in [4.78, 5) is 17.0. The van der Waals surface area contributed by atoms with Gasteiger partial charge in [0.1, 0.15) is 11.6 Å². The molecule has 0 unspecified atom stereocenters. The summed E-state index contributed by atoms with van der Waals surface area (Å²) in [6.45, 7) is 5.35. The van der Waals surface area contributed by atoms with Crippen LogP contribution in [-0.4, -0.2) is 31.9 Å². The van der Waals surface area contributed by atoms with E-state index >= 15 is 0 Å². The molecule has 1 N–H and O–H groups in total. The van der Waals surface area contributed by atoms with Gasteiger partial charge >= 0.3 is 6.09 Å². The molecule has 0 saturated heterocycles. The molecule has 28 heavy (non-hydrogen) atoms. The van der Waals surface area contributed by atoms with Crippen molar-refractivity contribution in [3.63, 3.8) is 0 Å². The molecule has 0 bridgehead atoms. The number of rotatable bonds is 5. The predicted octanol–water partition coefficient (Wildman–Crippen LogP) is 4.85. The molecule has 1 aromatic carbocycles. The topological polar surface area (TPSA) is 92.4 Å². The maximum atomic E-state index is 13.0. The summed E-state index contributed by atoms with van der Waals surface area (Å²) in [7, 11) is 0. The average Bonchev–Trinajstić information content (AvgIpc) is 3.09. The minimum atomic E-state index is -1.10. The van der Waals surface area contributed by atoms with Gasteiger partial charge in [-0.3, -0.25) is 4.90 Å². The van der Waals surface area contributed by atoms with Crippen LogP contribution in [0.1, 0.15) is 26.3 Å². The van der Waals surface area contributed by atoms with Crippen LogP contribution in [0.25, 0.3) is 11.5 Å². The molecule has 0 spiro atoms. The van der Waals surface area contributed by atoms with Crippen molar-refractivity contribution < 1.29 is 18.7 Å². The minimum absolute atomic E-state index is 0.268. The highest BCUT2D eigenvalue weighted by Gasteiger charge is 2.29. The number of aromatic nitrogens is 3. The van der Waals surface area contributed by atoms with E-state index in [1.807, 2.05) is 0 Å². The minimum Gasteiger partial charge on any atom is -0.465 e. The molecule has 0 aliphatic rings. The zero-order chi connectivity index (χ0) is 20.3. The zero-order valence-electron chi connectivity index (χ0n) is 15.6. The summed E-state index contributed by atoms with van der Waals surface area (Å²) in [6.07, 6.45) is 0.403. The number of benzene rings is 1. The Morgan fingerprint density at radius 2 is 1.93 bits per heavy atom. The number of carboxylic acid groups (broad SMARTS) is 1. The van der Waals surface area contributed by atoms with Gasteiger partial charge in [-0.15, -0.1) is 10.2 Å². The molecule has 0 fully saturated rings. The molecule has 2 heterocycles. The highest BCUT2D eigenvalue weighted by atomic mass is 32.2. The van der Waals surface area contributed by atoms with Crippen molar-refractivity contribution in [3.05, 3.63) is 54.0 Å². The SMILES string of the molecule is CC(C)(C)N(C(=O)O)c1cc(-c2nnc(SCc3ccc(F)cc3)o2)ccn1. The third-order valence-electron chi connectivity index (χ3n) is 3.77. The Bertz CT molecular complexity index is 970. The van der Waals surface area contributed by atoms with Crippen LogP contribution in [0.5, 0.6) is 0 Å². The van der Waals surface area contributed by atoms with Gasteiger partial charge < -0.3 is 9.52 Å². The standard InChI is InChI=1S/C19H19FN4O3S/c1-19(2,3)24(18(25)26)15-10-13(8-9-21-15)16-22-23-17(27-16)28-11-12-4-6-14(20)7-5-12/h4-10H,11H2,1-3H3,(H,25,26). The number of hydrogen-bond donors (Lipinski definition) is 1. The van der Waals surface area contributed by atoms with Crippen LogP contribution in [0, 0.1) is 5.82 Å². The first-order valence-corrected chi connectivity index (χ1v) is 9.43. The van der Waals surface area contributed by atoms with E-state index < -0.39 is 11.6 Å². The van der Waals surface area contributed by atoms with Crippen LogP contribution in [0.15, 0.2) is 52.2 Å². The summed E-state index contributed by atoms with van der Waals surface area (Å²) >= 11 is 1.33. The second-order valence-corrected chi connectivity index (χ2v) is 7.91. The molecule has 0 atom stereocenters. The Kier molecular flexibility index (Phi) is 5.64. The van der Waals surface area contributed by atoms with Crippen molar-refractivity contribution in [2.75, 3.05) is 4.90 Å². The normalized spacial score (nSPS) is 11.4. The summed E-state index contributed by atoms with van der Waals surface area (Å²) in [5.74, 6) is 0.814. The Hall–Kier alpha value is -2.94. The maximum absolute atomic E-state index is 13.0. The molecule has 0 aliphatic heterocycles. The Morgan fingerprint density at radius 1 is 1.21 bits per heavy atom. The highest BCUT2D eigenvalue weighted by molar-refractivity contribution is 7.98. The molecule has 1 amide bonds. The quantitative estimate of drug-likeness (QED) is 0.610. The maximum Gasteiger partial charge on any atom is 0.413 e. The van der Waals surface area contributed by atoms with Crippen LogP contribution in [-0.2, 0) is 5.75 Å². The number of halogens is 1. The highest BCUT2D eigenvalue weighted by Crippen LogP contribution is 2.29. The van der Waals surface area contributed by atoms with Crippen molar-refractivity contribution in [2.24, 2.45) is 0 Å². The lowest BCUT2D eigenvalue weighted by molar-refractivity contribution is 0.195. The number of anilines is 1. The molecule has 0 aliphatic carbocycles. The molecule has 0 radical (unpaired) electrons. The number of nitrogens with zero attached hydrogens (tertiary/aromatic N) is 4. The van der Waals surface area contributed by atoms with E-state index in [0.717, 1.165) is 5.56 Å². The average molecular weight is 402 g/mol. The fourth-order valence-electron chi connectivity index (χ4n) is 2.51. The summed E-state index contributed by atoms with van der Waals surface area (Å²) < 4.78 is 18.6. The first-order valence-electron chi connectivity index (χ1n) is 8.44. The lowest BCUT2D eigenvalue weighted by atomic mass is 10.1. The summed E-state index contributed by atoms with van der Waals surface area (Å²) in [5, 5.41) is 17.9. The fraction of sp³-hybridized carbons (Fsp3) is 0.263. The molecular formula is C19H19FN4O3S. The number of thioether (sulfide) groups is 1. The van der Waals surface area contributed by atoms with E-state index in [-0.39, 0.29) is 17.5 Å². The van der Waals surface area contributed by atoms with Crippen LogP contribution < -0.4 is 4.90 Å².